The van der Waals surface area contributed by atoms with Crippen LogP contribution in [-0.2, 0) is 9.47 Å². The Morgan fingerprint density at radius 1 is 1.33 bits per heavy atom. The summed E-state index contributed by atoms with van der Waals surface area (Å²) < 4.78 is 10.4. The van der Waals surface area contributed by atoms with Crippen molar-refractivity contribution in [3.8, 4) is 0 Å². The number of hydrogen-bond donors (Lipinski definition) is 2. The molecule has 0 saturated carbocycles. The number of rotatable bonds is 3. The van der Waals surface area contributed by atoms with E-state index >= 15 is 0 Å². The highest BCUT2D eigenvalue weighted by Gasteiger charge is 2.30. The van der Waals surface area contributed by atoms with Crippen LogP contribution in [-0.4, -0.2) is 41.3 Å². The van der Waals surface area contributed by atoms with Crippen molar-refractivity contribution < 1.29 is 24.5 Å². The molecule has 2 N–H and O–H groups in total. The first-order valence-corrected chi connectivity index (χ1v) is 5.89. The van der Waals surface area contributed by atoms with Gasteiger partial charge in [-0.1, -0.05) is 18.2 Å². The van der Waals surface area contributed by atoms with Crippen molar-refractivity contribution in [2.24, 2.45) is 0 Å². The van der Waals surface area contributed by atoms with Crippen LogP contribution in [0, 0.1) is 0 Å². The zero-order chi connectivity index (χ0) is 13.0. The number of benzene rings is 1. The van der Waals surface area contributed by atoms with Crippen molar-refractivity contribution in [2.45, 2.75) is 31.3 Å². The van der Waals surface area contributed by atoms with Crippen molar-refractivity contribution in [1.82, 2.24) is 0 Å². The largest absolute Gasteiger partial charge is 0.458 e. The molecule has 0 amide bonds. The third-order valence-electron chi connectivity index (χ3n) is 2.83. The fourth-order valence-electron chi connectivity index (χ4n) is 1.96. The lowest BCUT2D eigenvalue weighted by atomic mass is 10.1. The van der Waals surface area contributed by atoms with Crippen molar-refractivity contribution in [2.75, 3.05) is 6.61 Å². The molecule has 1 saturated heterocycles. The van der Waals surface area contributed by atoms with E-state index in [-0.39, 0.29) is 13.0 Å². The summed E-state index contributed by atoms with van der Waals surface area (Å²) in [4.78, 5) is 11.8. The third-order valence-corrected chi connectivity index (χ3v) is 2.83. The zero-order valence-corrected chi connectivity index (χ0v) is 9.86. The maximum atomic E-state index is 11.8. The molecular weight excluding hydrogens is 236 g/mol. The van der Waals surface area contributed by atoms with Gasteiger partial charge in [-0.3, -0.25) is 0 Å². The lowest BCUT2D eigenvalue weighted by Gasteiger charge is -2.31. The molecule has 0 bridgehead atoms. The number of carbonyl (C=O) groups is 1. The second-order valence-corrected chi connectivity index (χ2v) is 4.26. The van der Waals surface area contributed by atoms with Gasteiger partial charge in [0, 0.05) is 12.8 Å². The molecule has 1 heterocycles. The van der Waals surface area contributed by atoms with E-state index in [4.69, 9.17) is 14.6 Å². The Hall–Kier alpha value is -1.43. The molecule has 0 aliphatic carbocycles. The SMILES string of the molecule is O=C(O[C@@H]1C[C@@H](CO)O[C@H](O)C1)c1ccccc1. The van der Waals surface area contributed by atoms with Gasteiger partial charge in [0.05, 0.1) is 18.3 Å². The van der Waals surface area contributed by atoms with Gasteiger partial charge in [-0.2, -0.15) is 0 Å². The van der Waals surface area contributed by atoms with Crippen molar-refractivity contribution in [3.05, 3.63) is 35.9 Å². The molecule has 1 aliphatic rings. The molecule has 2 rings (SSSR count). The van der Waals surface area contributed by atoms with Gasteiger partial charge in [0.1, 0.15) is 6.10 Å². The molecule has 0 radical (unpaired) electrons. The Morgan fingerprint density at radius 2 is 2.06 bits per heavy atom. The van der Waals surface area contributed by atoms with Crippen molar-refractivity contribution in [3.63, 3.8) is 0 Å². The summed E-state index contributed by atoms with van der Waals surface area (Å²) in [5.41, 5.74) is 0.471. The molecule has 98 valence electrons. The van der Waals surface area contributed by atoms with Crippen molar-refractivity contribution in [1.29, 1.82) is 0 Å². The van der Waals surface area contributed by atoms with Gasteiger partial charge in [0.25, 0.3) is 0 Å². The number of carbonyl (C=O) groups excluding carboxylic acids is 1. The van der Waals surface area contributed by atoms with Crippen LogP contribution in [0.2, 0.25) is 0 Å². The molecule has 18 heavy (non-hydrogen) atoms. The molecule has 1 fully saturated rings. The highest BCUT2D eigenvalue weighted by atomic mass is 16.6. The average molecular weight is 252 g/mol. The van der Waals surface area contributed by atoms with Gasteiger partial charge < -0.3 is 19.7 Å². The molecular formula is C13H16O5. The fourth-order valence-corrected chi connectivity index (χ4v) is 1.96. The standard InChI is InChI=1S/C13H16O5/c14-8-11-6-10(7-12(15)17-11)18-13(16)9-4-2-1-3-5-9/h1-5,10-12,14-15H,6-8H2/t10-,11+,12+/m1/s1. The number of ether oxygens (including phenoxy) is 2. The lowest BCUT2D eigenvalue weighted by Crippen LogP contribution is -2.39. The Balaban J connectivity index is 1.95. The number of aliphatic hydroxyl groups is 2. The molecule has 0 unspecified atom stereocenters. The predicted octanol–water partition coefficient (Wildman–Crippen LogP) is 0.702. The van der Waals surface area contributed by atoms with Crippen LogP contribution >= 0.6 is 0 Å². The smallest absolute Gasteiger partial charge is 0.338 e. The Labute approximate surface area is 105 Å². The molecule has 5 heteroatoms. The maximum absolute atomic E-state index is 11.8. The van der Waals surface area contributed by atoms with Crippen molar-refractivity contribution >= 4 is 5.97 Å². The minimum atomic E-state index is -0.996. The van der Waals surface area contributed by atoms with Gasteiger partial charge in [-0.25, -0.2) is 4.79 Å². The van der Waals surface area contributed by atoms with E-state index in [2.05, 4.69) is 0 Å². The highest BCUT2D eigenvalue weighted by Crippen LogP contribution is 2.21. The third kappa shape index (κ3) is 3.29. The Morgan fingerprint density at radius 3 is 2.72 bits per heavy atom. The summed E-state index contributed by atoms with van der Waals surface area (Å²) in [6.07, 6.45) is -1.29. The lowest BCUT2D eigenvalue weighted by molar-refractivity contribution is -0.197. The van der Waals surface area contributed by atoms with Gasteiger partial charge in [0.15, 0.2) is 6.29 Å². The van der Waals surface area contributed by atoms with Crippen LogP contribution in [0.4, 0.5) is 0 Å². The maximum Gasteiger partial charge on any atom is 0.338 e. The number of aliphatic hydroxyl groups excluding tert-OH is 2. The Kier molecular flexibility index (Phi) is 4.30. The van der Waals surface area contributed by atoms with Gasteiger partial charge >= 0.3 is 5.97 Å². The van der Waals surface area contributed by atoms with Crippen LogP contribution in [0.3, 0.4) is 0 Å². The molecule has 1 aromatic carbocycles. The average Bonchev–Trinajstić information content (AvgIpc) is 2.39. The van der Waals surface area contributed by atoms with Crippen LogP contribution in [0.1, 0.15) is 23.2 Å². The van der Waals surface area contributed by atoms with Crippen LogP contribution < -0.4 is 0 Å². The zero-order valence-electron chi connectivity index (χ0n) is 9.86. The molecule has 1 aliphatic heterocycles. The second kappa shape index (κ2) is 5.95. The summed E-state index contributed by atoms with van der Waals surface area (Å²) in [6.45, 7) is -0.198. The van der Waals surface area contributed by atoms with E-state index < -0.39 is 24.5 Å². The first-order valence-electron chi connectivity index (χ1n) is 5.89. The summed E-state index contributed by atoms with van der Waals surface area (Å²) >= 11 is 0. The van der Waals surface area contributed by atoms with Gasteiger partial charge in [0.2, 0.25) is 0 Å². The molecule has 3 atom stereocenters. The molecule has 5 nitrogen and oxygen atoms in total. The molecule has 0 aromatic heterocycles. The van der Waals surface area contributed by atoms with E-state index in [1.807, 2.05) is 6.07 Å². The number of hydrogen-bond acceptors (Lipinski definition) is 5. The first-order chi connectivity index (χ1) is 8.69. The van der Waals surface area contributed by atoms with E-state index in [1.54, 1.807) is 24.3 Å². The van der Waals surface area contributed by atoms with Gasteiger partial charge in [-0.15, -0.1) is 0 Å². The normalized spacial score (nSPS) is 27.8. The summed E-state index contributed by atoms with van der Waals surface area (Å²) in [7, 11) is 0. The van der Waals surface area contributed by atoms with E-state index in [9.17, 15) is 9.90 Å². The first kappa shape index (κ1) is 13.0. The fraction of sp³-hybridized carbons (Fsp3) is 0.462. The summed E-state index contributed by atoms with van der Waals surface area (Å²) in [6, 6.07) is 8.66. The van der Waals surface area contributed by atoms with Crippen LogP contribution in [0.25, 0.3) is 0 Å². The Bertz CT molecular complexity index is 392. The summed E-state index contributed by atoms with van der Waals surface area (Å²) in [5, 5.41) is 18.4. The highest BCUT2D eigenvalue weighted by molar-refractivity contribution is 5.89. The monoisotopic (exact) mass is 252 g/mol. The van der Waals surface area contributed by atoms with E-state index in [1.165, 1.54) is 0 Å². The predicted molar refractivity (Wildman–Crippen MR) is 62.8 cm³/mol. The van der Waals surface area contributed by atoms with Crippen LogP contribution in [0.15, 0.2) is 30.3 Å². The quantitative estimate of drug-likeness (QED) is 0.774. The number of esters is 1. The van der Waals surface area contributed by atoms with E-state index in [0.717, 1.165) is 0 Å². The molecule has 1 aromatic rings. The van der Waals surface area contributed by atoms with Gasteiger partial charge in [-0.05, 0) is 12.1 Å². The topological polar surface area (TPSA) is 76.0 Å². The minimum Gasteiger partial charge on any atom is -0.458 e. The second-order valence-electron chi connectivity index (χ2n) is 4.26. The van der Waals surface area contributed by atoms with E-state index in [0.29, 0.717) is 12.0 Å². The summed E-state index contributed by atoms with van der Waals surface area (Å²) in [5.74, 6) is -0.425. The minimum absolute atomic E-state index is 0.198. The van der Waals surface area contributed by atoms with Crippen LogP contribution in [0.5, 0.6) is 0 Å². The molecule has 0 spiro atoms.